The molecule has 0 spiro atoms. The van der Waals surface area contributed by atoms with Crippen LogP contribution < -0.4 is 10.5 Å². The van der Waals surface area contributed by atoms with Crippen LogP contribution in [0.1, 0.15) is 22.8 Å². The molecule has 1 aromatic rings. The Labute approximate surface area is 110 Å². The van der Waals surface area contributed by atoms with Crippen molar-refractivity contribution in [3.8, 4) is 0 Å². The third kappa shape index (κ3) is 3.44. The van der Waals surface area contributed by atoms with Gasteiger partial charge in [0.2, 0.25) is 15.9 Å². The number of nitrogens with one attached hydrogen (secondary N) is 1. The van der Waals surface area contributed by atoms with Gasteiger partial charge in [-0.15, -0.1) is 0 Å². The Morgan fingerprint density at radius 2 is 1.95 bits per heavy atom. The van der Waals surface area contributed by atoms with Gasteiger partial charge < -0.3 is 10.8 Å². The zero-order chi connectivity index (χ0) is 14.8. The fraction of sp³-hybridized carbons (Fsp3) is 0.273. The van der Waals surface area contributed by atoms with Crippen molar-refractivity contribution in [1.29, 1.82) is 0 Å². The van der Waals surface area contributed by atoms with Gasteiger partial charge in [0.15, 0.2) is 5.25 Å². The van der Waals surface area contributed by atoms with E-state index in [0.29, 0.717) is 5.56 Å². The van der Waals surface area contributed by atoms with Crippen LogP contribution >= 0.6 is 0 Å². The number of primary amides is 1. The van der Waals surface area contributed by atoms with E-state index in [1.54, 1.807) is 6.92 Å². The minimum atomic E-state index is -4.03. The second-order valence-corrected chi connectivity index (χ2v) is 6.02. The number of nitrogens with two attached hydrogens (primary N) is 1. The lowest BCUT2D eigenvalue weighted by Gasteiger charge is -2.13. The van der Waals surface area contributed by atoms with Gasteiger partial charge in [-0.05, 0) is 37.6 Å². The van der Waals surface area contributed by atoms with Crippen LogP contribution in [-0.4, -0.2) is 30.7 Å². The first kappa shape index (κ1) is 15.0. The van der Waals surface area contributed by atoms with E-state index in [4.69, 9.17) is 10.8 Å². The molecule has 0 saturated heterocycles. The molecular formula is C11H14N2O5S. The molecule has 19 heavy (non-hydrogen) atoms. The Morgan fingerprint density at radius 3 is 2.37 bits per heavy atom. The highest BCUT2D eigenvalue weighted by atomic mass is 32.2. The second kappa shape index (κ2) is 5.27. The van der Waals surface area contributed by atoms with Crippen LogP contribution in [0.2, 0.25) is 0 Å². The average Bonchev–Trinajstić information content (AvgIpc) is 2.30. The fourth-order valence-electron chi connectivity index (χ4n) is 1.31. The van der Waals surface area contributed by atoms with Gasteiger partial charge in [0, 0.05) is 5.56 Å². The number of carboxylic acids is 1. The van der Waals surface area contributed by atoms with Crippen molar-refractivity contribution in [3.63, 3.8) is 0 Å². The molecule has 0 aromatic heterocycles. The lowest BCUT2D eigenvalue weighted by molar-refractivity contribution is -0.136. The van der Waals surface area contributed by atoms with E-state index < -0.39 is 27.1 Å². The molecule has 0 radical (unpaired) electrons. The van der Waals surface area contributed by atoms with E-state index >= 15 is 0 Å². The number of aliphatic carboxylic acids is 1. The van der Waals surface area contributed by atoms with Gasteiger partial charge in [-0.2, -0.15) is 0 Å². The maximum Gasteiger partial charge on any atom is 0.323 e. The molecule has 1 rings (SSSR count). The topological polar surface area (TPSA) is 127 Å². The number of carboxylic acid groups (broad SMARTS) is 1. The van der Waals surface area contributed by atoms with Crippen molar-refractivity contribution >= 4 is 27.6 Å². The molecule has 0 saturated carbocycles. The lowest BCUT2D eigenvalue weighted by Crippen LogP contribution is -2.32. The number of carbonyl (C=O) groups excluding carboxylic acids is 1. The predicted octanol–water partition coefficient (Wildman–Crippen LogP) is 0.309. The fourth-order valence-corrected chi connectivity index (χ4v) is 2.28. The Balaban J connectivity index is 3.07. The maximum atomic E-state index is 11.7. The highest BCUT2D eigenvalue weighted by molar-refractivity contribution is 7.94. The Kier molecular flexibility index (Phi) is 4.15. The molecule has 104 valence electrons. The Bertz CT molecular complexity index is 624. The van der Waals surface area contributed by atoms with Crippen molar-refractivity contribution in [2.45, 2.75) is 19.1 Å². The minimum absolute atomic E-state index is 0.207. The van der Waals surface area contributed by atoms with Crippen LogP contribution in [-0.2, 0) is 14.8 Å². The number of sulfonamides is 1. The SMILES string of the molecule is Cc1cc(C(N)=O)ccc1NS(=O)(=O)C(C)C(=O)O. The number of amides is 1. The molecule has 1 atom stereocenters. The van der Waals surface area contributed by atoms with Gasteiger partial charge in [0.25, 0.3) is 0 Å². The summed E-state index contributed by atoms with van der Waals surface area (Å²) in [5.74, 6) is -2.07. The van der Waals surface area contributed by atoms with Crippen LogP contribution in [0.3, 0.4) is 0 Å². The molecule has 0 fully saturated rings. The third-order valence-corrected chi connectivity index (χ3v) is 4.21. The summed E-state index contributed by atoms with van der Waals surface area (Å²) < 4.78 is 25.6. The number of aryl methyl sites for hydroxylation is 1. The summed E-state index contributed by atoms with van der Waals surface area (Å²) in [6, 6.07) is 4.14. The number of anilines is 1. The van der Waals surface area contributed by atoms with Gasteiger partial charge >= 0.3 is 5.97 Å². The molecule has 1 amide bonds. The van der Waals surface area contributed by atoms with Crippen molar-refractivity contribution in [3.05, 3.63) is 29.3 Å². The monoisotopic (exact) mass is 286 g/mol. The van der Waals surface area contributed by atoms with E-state index in [2.05, 4.69) is 4.72 Å². The quantitative estimate of drug-likeness (QED) is 0.718. The highest BCUT2D eigenvalue weighted by Crippen LogP contribution is 2.19. The first-order valence-corrected chi connectivity index (χ1v) is 6.84. The van der Waals surface area contributed by atoms with Crippen LogP contribution in [0.5, 0.6) is 0 Å². The number of carbonyl (C=O) groups is 2. The smallest absolute Gasteiger partial charge is 0.323 e. The van der Waals surface area contributed by atoms with Crippen molar-refractivity contribution in [2.24, 2.45) is 5.73 Å². The molecule has 1 aromatic carbocycles. The standard InChI is InChI=1S/C11H14N2O5S/c1-6-5-8(10(12)14)3-4-9(6)13-19(17,18)7(2)11(15)16/h3-5,7,13H,1-2H3,(H2,12,14)(H,15,16). The largest absolute Gasteiger partial charge is 0.480 e. The van der Waals surface area contributed by atoms with Gasteiger partial charge in [-0.1, -0.05) is 0 Å². The molecule has 7 nitrogen and oxygen atoms in total. The molecule has 0 aliphatic carbocycles. The normalized spacial score (nSPS) is 12.7. The van der Waals surface area contributed by atoms with E-state index in [1.165, 1.54) is 18.2 Å². The minimum Gasteiger partial charge on any atom is -0.480 e. The van der Waals surface area contributed by atoms with Gasteiger partial charge in [0.1, 0.15) is 0 Å². The predicted molar refractivity (Wildman–Crippen MR) is 69.3 cm³/mol. The van der Waals surface area contributed by atoms with Crippen molar-refractivity contribution < 1.29 is 23.1 Å². The summed E-state index contributed by atoms with van der Waals surface area (Å²) in [7, 11) is -4.03. The summed E-state index contributed by atoms with van der Waals surface area (Å²) in [6.07, 6.45) is 0. The second-order valence-electron chi connectivity index (χ2n) is 4.02. The zero-order valence-electron chi connectivity index (χ0n) is 10.4. The maximum absolute atomic E-state index is 11.7. The lowest BCUT2D eigenvalue weighted by atomic mass is 10.1. The van der Waals surface area contributed by atoms with E-state index in [9.17, 15) is 18.0 Å². The number of rotatable bonds is 5. The average molecular weight is 286 g/mol. The van der Waals surface area contributed by atoms with Crippen LogP contribution in [0, 0.1) is 6.92 Å². The van der Waals surface area contributed by atoms with E-state index in [0.717, 1.165) is 6.92 Å². The summed E-state index contributed by atoms with van der Waals surface area (Å²) in [5, 5.41) is 7.12. The van der Waals surface area contributed by atoms with Gasteiger partial charge in [-0.25, -0.2) is 8.42 Å². The molecule has 0 heterocycles. The molecular weight excluding hydrogens is 272 g/mol. The number of hydrogen-bond acceptors (Lipinski definition) is 4. The summed E-state index contributed by atoms with van der Waals surface area (Å²) in [5.41, 5.74) is 6.01. The molecule has 1 unspecified atom stereocenters. The zero-order valence-corrected chi connectivity index (χ0v) is 11.2. The Hall–Kier alpha value is -2.09. The molecule has 4 N–H and O–H groups in total. The summed E-state index contributed by atoms with van der Waals surface area (Å²) >= 11 is 0. The number of benzene rings is 1. The first-order valence-electron chi connectivity index (χ1n) is 5.30. The van der Waals surface area contributed by atoms with Gasteiger partial charge in [-0.3, -0.25) is 14.3 Å². The van der Waals surface area contributed by atoms with Crippen molar-refractivity contribution in [1.82, 2.24) is 0 Å². The Morgan fingerprint density at radius 1 is 1.37 bits per heavy atom. The highest BCUT2D eigenvalue weighted by Gasteiger charge is 2.27. The molecule has 0 aliphatic heterocycles. The van der Waals surface area contributed by atoms with Gasteiger partial charge in [0.05, 0.1) is 5.69 Å². The van der Waals surface area contributed by atoms with E-state index in [1.807, 2.05) is 0 Å². The van der Waals surface area contributed by atoms with E-state index in [-0.39, 0.29) is 11.3 Å². The summed E-state index contributed by atoms with van der Waals surface area (Å²) in [4.78, 5) is 21.6. The first-order chi connectivity index (χ1) is 8.65. The molecule has 8 heteroatoms. The summed E-state index contributed by atoms with van der Waals surface area (Å²) in [6.45, 7) is 2.65. The van der Waals surface area contributed by atoms with Crippen LogP contribution in [0.25, 0.3) is 0 Å². The molecule has 0 aliphatic rings. The van der Waals surface area contributed by atoms with Crippen molar-refractivity contribution in [2.75, 3.05) is 4.72 Å². The third-order valence-electron chi connectivity index (χ3n) is 2.58. The number of hydrogen-bond donors (Lipinski definition) is 3. The van der Waals surface area contributed by atoms with Crippen LogP contribution in [0.4, 0.5) is 5.69 Å². The molecule has 0 bridgehead atoms. The van der Waals surface area contributed by atoms with Crippen LogP contribution in [0.15, 0.2) is 18.2 Å².